The van der Waals surface area contributed by atoms with E-state index in [1.165, 1.54) is 18.2 Å². The van der Waals surface area contributed by atoms with Gasteiger partial charge >= 0.3 is 0 Å². The molecule has 0 aliphatic carbocycles. The maximum Gasteiger partial charge on any atom is 0.269 e. The first-order valence-electron chi connectivity index (χ1n) is 9.42. The summed E-state index contributed by atoms with van der Waals surface area (Å²) < 4.78 is 11.1. The van der Waals surface area contributed by atoms with E-state index in [-0.39, 0.29) is 11.3 Å². The van der Waals surface area contributed by atoms with E-state index in [1.54, 1.807) is 49.4 Å². The van der Waals surface area contributed by atoms with E-state index in [1.807, 2.05) is 13.0 Å². The molecule has 31 heavy (non-hydrogen) atoms. The monoisotopic (exact) mass is 417 g/mol. The number of nitrogens with zero attached hydrogens (tertiary/aromatic N) is 2. The van der Waals surface area contributed by atoms with E-state index >= 15 is 0 Å². The number of rotatable bonds is 7. The van der Waals surface area contributed by atoms with Crippen molar-refractivity contribution in [2.45, 2.75) is 13.8 Å². The minimum atomic E-state index is -0.573. The third-order valence-electron chi connectivity index (χ3n) is 4.39. The summed E-state index contributed by atoms with van der Waals surface area (Å²) in [6.45, 7) is 4.16. The number of benzene rings is 2. The number of nitro groups is 1. The number of furan rings is 1. The minimum absolute atomic E-state index is 0.00866. The Morgan fingerprint density at radius 3 is 2.58 bits per heavy atom. The van der Waals surface area contributed by atoms with Gasteiger partial charge in [0.25, 0.3) is 11.6 Å². The molecule has 8 heteroatoms. The van der Waals surface area contributed by atoms with Crippen LogP contribution in [0, 0.1) is 28.4 Å². The Morgan fingerprint density at radius 2 is 1.97 bits per heavy atom. The Morgan fingerprint density at radius 1 is 1.23 bits per heavy atom. The Balaban J connectivity index is 1.77. The number of nitro benzene ring substituents is 1. The van der Waals surface area contributed by atoms with Crippen LogP contribution in [-0.2, 0) is 4.79 Å². The molecule has 8 nitrogen and oxygen atoms in total. The van der Waals surface area contributed by atoms with Gasteiger partial charge in [-0.2, -0.15) is 5.26 Å². The van der Waals surface area contributed by atoms with Crippen molar-refractivity contribution in [2.75, 3.05) is 11.9 Å². The predicted molar refractivity (Wildman–Crippen MR) is 115 cm³/mol. The van der Waals surface area contributed by atoms with Gasteiger partial charge < -0.3 is 14.5 Å². The van der Waals surface area contributed by atoms with Crippen molar-refractivity contribution >= 4 is 23.4 Å². The number of nitriles is 1. The lowest BCUT2D eigenvalue weighted by Crippen LogP contribution is -2.13. The highest BCUT2D eigenvalue weighted by molar-refractivity contribution is 6.09. The number of anilines is 1. The molecule has 0 bridgehead atoms. The highest BCUT2D eigenvalue weighted by Gasteiger charge is 2.14. The second-order valence-electron chi connectivity index (χ2n) is 6.54. The number of carbonyl (C=O) groups excluding carboxylic acids is 1. The normalized spacial score (nSPS) is 10.9. The quantitative estimate of drug-likeness (QED) is 0.247. The van der Waals surface area contributed by atoms with E-state index < -0.39 is 10.8 Å². The largest absolute Gasteiger partial charge is 0.494 e. The molecule has 0 aliphatic heterocycles. The molecule has 1 aromatic heterocycles. The first kappa shape index (κ1) is 21.3. The highest BCUT2D eigenvalue weighted by atomic mass is 16.6. The van der Waals surface area contributed by atoms with Crippen molar-refractivity contribution < 1.29 is 18.9 Å². The molecule has 0 fully saturated rings. The fraction of sp³-hybridized carbons (Fsp3) is 0.130. The molecule has 0 saturated carbocycles. The number of hydrogen-bond donors (Lipinski definition) is 1. The summed E-state index contributed by atoms with van der Waals surface area (Å²) in [5.41, 5.74) is 1.74. The zero-order valence-corrected chi connectivity index (χ0v) is 16.9. The summed E-state index contributed by atoms with van der Waals surface area (Å²) in [6.07, 6.45) is 1.34. The molecule has 156 valence electrons. The Labute approximate surface area is 178 Å². The van der Waals surface area contributed by atoms with Gasteiger partial charge in [-0.1, -0.05) is 0 Å². The molecule has 3 aromatic rings. The van der Waals surface area contributed by atoms with Crippen molar-refractivity contribution in [2.24, 2.45) is 0 Å². The van der Waals surface area contributed by atoms with Crippen LogP contribution in [0.2, 0.25) is 0 Å². The van der Waals surface area contributed by atoms with Crippen LogP contribution < -0.4 is 10.1 Å². The van der Waals surface area contributed by atoms with Crippen LogP contribution in [0.15, 0.2) is 64.6 Å². The summed E-state index contributed by atoms with van der Waals surface area (Å²) in [7, 11) is 0. The number of ether oxygens (including phenoxy) is 1. The smallest absolute Gasteiger partial charge is 0.269 e. The maximum absolute atomic E-state index is 12.5. The van der Waals surface area contributed by atoms with Crippen LogP contribution in [0.3, 0.4) is 0 Å². The summed E-state index contributed by atoms with van der Waals surface area (Å²) in [5, 5.41) is 23.0. The molecule has 0 aliphatic rings. The molecule has 2 aromatic carbocycles. The molecule has 1 N–H and O–H groups in total. The number of carbonyl (C=O) groups is 1. The third-order valence-corrected chi connectivity index (χ3v) is 4.39. The molecule has 3 rings (SSSR count). The second-order valence-corrected chi connectivity index (χ2v) is 6.54. The van der Waals surface area contributed by atoms with Gasteiger partial charge in [0, 0.05) is 29.5 Å². The van der Waals surface area contributed by atoms with Crippen molar-refractivity contribution in [3.05, 3.63) is 81.6 Å². The van der Waals surface area contributed by atoms with E-state index in [2.05, 4.69) is 5.32 Å². The summed E-state index contributed by atoms with van der Waals surface area (Å²) in [6, 6.07) is 16.4. The van der Waals surface area contributed by atoms with Crippen LogP contribution in [0.5, 0.6) is 5.75 Å². The zero-order valence-electron chi connectivity index (χ0n) is 16.9. The average molecular weight is 417 g/mol. The van der Waals surface area contributed by atoms with Crippen LogP contribution in [0.25, 0.3) is 17.4 Å². The van der Waals surface area contributed by atoms with E-state index in [9.17, 15) is 20.2 Å². The van der Waals surface area contributed by atoms with Gasteiger partial charge in [-0.05, 0) is 61.9 Å². The van der Waals surface area contributed by atoms with Gasteiger partial charge in [-0.25, -0.2) is 0 Å². The number of amides is 1. The molecular formula is C23H19N3O5. The van der Waals surface area contributed by atoms with Crippen LogP contribution in [-0.4, -0.2) is 17.4 Å². The maximum atomic E-state index is 12.5. The topological polar surface area (TPSA) is 118 Å². The molecule has 0 atom stereocenters. The van der Waals surface area contributed by atoms with E-state index in [0.29, 0.717) is 40.7 Å². The Kier molecular flexibility index (Phi) is 6.48. The first-order chi connectivity index (χ1) is 14.9. The Hall–Kier alpha value is -4.38. The molecule has 0 spiro atoms. The lowest BCUT2D eigenvalue weighted by Gasteiger charge is -2.06. The molecule has 0 radical (unpaired) electrons. The highest BCUT2D eigenvalue weighted by Crippen LogP contribution is 2.29. The minimum Gasteiger partial charge on any atom is -0.494 e. The van der Waals surface area contributed by atoms with Gasteiger partial charge in [0.2, 0.25) is 0 Å². The van der Waals surface area contributed by atoms with Crippen LogP contribution >= 0.6 is 0 Å². The van der Waals surface area contributed by atoms with Crippen molar-refractivity contribution in [1.82, 2.24) is 0 Å². The SMILES string of the molecule is CCOc1ccc(NC(=O)/C(C#N)=C/c2ccc(-c3ccc([N+](=O)[O-])cc3C)o2)cc1. The van der Waals surface area contributed by atoms with Gasteiger partial charge in [0.15, 0.2) is 0 Å². The molecule has 0 saturated heterocycles. The van der Waals surface area contributed by atoms with Crippen molar-refractivity contribution in [3.63, 3.8) is 0 Å². The first-order valence-corrected chi connectivity index (χ1v) is 9.42. The number of aryl methyl sites for hydroxylation is 1. The molecule has 1 amide bonds. The fourth-order valence-electron chi connectivity index (χ4n) is 2.90. The number of non-ortho nitro benzene ring substituents is 1. The van der Waals surface area contributed by atoms with Gasteiger partial charge in [0.1, 0.15) is 28.9 Å². The van der Waals surface area contributed by atoms with Crippen molar-refractivity contribution in [3.8, 4) is 23.1 Å². The lowest BCUT2D eigenvalue weighted by molar-refractivity contribution is -0.384. The Bertz CT molecular complexity index is 1190. The second kappa shape index (κ2) is 9.41. The molecular weight excluding hydrogens is 398 g/mol. The van der Waals surface area contributed by atoms with Gasteiger partial charge in [-0.15, -0.1) is 0 Å². The van der Waals surface area contributed by atoms with Crippen LogP contribution in [0.4, 0.5) is 11.4 Å². The standard InChI is InChI=1S/C23H19N3O5/c1-3-30-19-7-4-17(5-8-19)25-23(27)16(14-24)13-20-9-11-22(31-20)21-10-6-18(26(28)29)12-15(21)2/h4-13H,3H2,1-2H3,(H,25,27)/b16-13+. The summed E-state index contributed by atoms with van der Waals surface area (Å²) in [5.74, 6) is 0.895. The lowest BCUT2D eigenvalue weighted by atomic mass is 10.1. The van der Waals surface area contributed by atoms with Gasteiger partial charge in [-0.3, -0.25) is 14.9 Å². The van der Waals surface area contributed by atoms with Crippen molar-refractivity contribution in [1.29, 1.82) is 5.26 Å². The number of hydrogen-bond acceptors (Lipinski definition) is 6. The fourth-order valence-corrected chi connectivity index (χ4v) is 2.90. The van der Waals surface area contributed by atoms with Crippen LogP contribution in [0.1, 0.15) is 18.2 Å². The van der Waals surface area contributed by atoms with E-state index in [4.69, 9.17) is 9.15 Å². The van der Waals surface area contributed by atoms with Gasteiger partial charge in [0.05, 0.1) is 11.5 Å². The molecule has 1 heterocycles. The number of nitrogens with one attached hydrogen (secondary N) is 1. The average Bonchev–Trinajstić information content (AvgIpc) is 3.21. The zero-order chi connectivity index (χ0) is 22.4. The third kappa shape index (κ3) is 5.16. The summed E-state index contributed by atoms with van der Waals surface area (Å²) in [4.78, 5) is 22.9. The van der Waals surface area contributed by atoms with E-state index in [0.717, 1.165) is 0 Å². The molecule has 0 unspecified atom stereocenters. The summed E-state index contributed by atoms with van der Waals surface area (Å²) >= 11 is 0. The predicted octanol–water partition coefficient (Wildman–Crippen LogP) is 5.11.